The molecule has 0 fully saturated rings. The van der Waals surface area contributed by atoms with Crippen LogP contribution in [0, 0.1) is 0 Å². The molecule has 126 valence electrons. The molecule has 0 aliphatic rings. The van der Waals surface area contributed by atoms with Crippen LogP contribution >= 0.6 is 0 Å². The number of aliphatic carboxylic acids is 1. The maximum Gasteiger partial charge on any atom is 0.323 e. The average molecular weight is 304 g/mol. The Morgan fingerprint density at radius 2 is 1.86 bits per heavy atom. The highest BCUT2D eigenvalue weighted by Crippen LogP contribution is 2.14. The van der Waals surface area contributed by atoms with Crippen LogP contribution in [-0.4, -0.2) is 74.1 Å². The Morgan fingerprint density at radius 1 is 1.24 bits per heavy atom. The average Bonchev–Trinajstić information content (AvgIpc) is 2.38. The van der Waals surface area contributed by atoms with Crippen LogP contribution in [0.25, 0.3) is 0 Å². The molecule has 0 spiro atoms. The summed E-state index contributed by atoms with van der Waals surface area (Å²) >= 11 is 0. The van der Waals surface area contributed by atoms with Crippen LogP contribution in [0.3, 0.4) is 0 Å². The van der Waals surface area contributed by atoms with Gasteiger partial charge in [0.15, 0.2) is 0 Å². The van der Waals surface area contributed by atoms with Crippen LogP contribution in [0.15, 0.2) is 0 Å². The number of carbonyl (C=O) groups is 1. The lowest BCUT2D eigenvalue weighted by atomic mass is 9.96. The third-order valence-electron chi connectivity index (χ3n) is 3.59. The van der Waals surface area contributed by atoms with Crippen LogP contribution in [0.1, 0.15) is 34.1 Å². The largest absolute Gasteiger partial charge is 0.480 e. The predicted octanol–water partition coefficient (Wildman–Crippen LogP) is 1.20. The zero-order chi connectivity index (χ0) is 16.5. The van der Waals surface area contributed by atoms with Crippen molar-refractivity contribution in [3.8, 4) is 0 Å². The third kappa shape index (κ3) is 7.76. The highest BCUT2D eigenvalue weighted by Gasteiger charge is 2.34. The molecule has 0 aromatic carbocycles. The standard InChI is InChI=1S/C15H32N2O4/c1-12(2)16-15(4,14(18)19)7-8-17(9-10-20-5)13(3)11-21-6/h12-13,16H,7-11H2,1-6H3,(H,18,19). The first-order valence-electron chi connectivity index (χ1n) is 7.49. The fraction of sp³-hybridized carbons (Fsp3) is 0.933. The molecular formula is C15H32N2O4. The fourth-order valence-corrected chi connectivity index (χ4v) is 2.35. The summed E-state index contributed by atoms with van der Waals surface area (Å²) in [5.41, 5.74) is -0.924. The summed E-state index contributed by atoms with van der Waals surface area (Å²) in [5.74, 6) is -0.817. The molecule has 0 saturated heterocycles. The summed E-state index contributed by atoms with van der Waals surface area (Å²) in [6.07, 6.45) is 0.526. The number of carboxylic acid groups (broad SMARTS) is 1. The van der Waals surface area contributed by atoms with Gasteiger partial charge in [0, 0.05) is 39.4 Å². The molecule has 0 radical (unpaired) electrons. The molecular weight excluding hydrogens is 272 g/mol. The lowest BCUT2D eigenvalue weighted by molar-refractivity contribution is -0.145. The van der Waals surface area contributed by atoms with E-state index in [4.69, 9.17) is 9.47 Å². The Labute approximate surface area is 128 Å². The summed E-state index contributed by atoms with van der Waals surface area (Å²) in [4.78, 5) is 13.8. The number of hydrogen-bond donors (Lipinski definition) is 2. The second-order valence-electron chi connectivity index (χ2n) is 6.02. The summed E-state index contributed by atoms with van der Waals surface area (Å²) in [6.45, 7) is 10.4. The van der Waals surface area contributed by atoms with E-state index in [9.17, 15) is 9.90 Å². The quantitative estimate of drug-likeness (QED) is 0.564. The number of nitrogens with zero attached hydrogens (tertiary/aromatic N) is 1. The highest BCUT2D eigenvalue weighted by atomic mass is 16.5. The number of nitrogens with one attached hydrogen (secondary N) is 1. The monoisotopic (exact) mass is 304 g/mol. The fourth-order valence-electron chi connectivity index (χ4n) is 2.35. The van der Waals surface area contributed by atoms with Crippen LogP contribution in [0.2, 0.25) is 0 Å². The van der Waals surface area contributed by atoms with Crippen molar-refractivity contribution in [1.29, 1.82) is 0 Å². The Kier molecular flexibility index (Phi) is 9.77. The van der Waals surface area contributed by atoms with Gasteiger partial charge in [-0.15, -0.1) is 0 Å². The summed E-state index contributed by atoms with van der Waals surface area (Å²) in [5, 5.41) is 12.6. The van der Waals surface area contributed by atoms with E-state index < -0.39 is 11.5 Å². The normalized spacial score (nSPS) is 16.2. The molecule has 0 amide bonds. The van der Waals surface area contributed by atoms with Gasteiger partial charge in [-0.25, -0.2) is 0 Å². The van der Waals surface area contributed by atoms with Crippen molar-refractivity contribution in [2.24, 2.45) is 0 Å². The van der Waals surface area contributed by atoms with Crippen LogP contribution in [-0.2, 0) is 14.3 Å². The van der Waals surface area contributed by atoms with Crippen molar-refractivity contribution in [2.75, 3.05) is 40.5 Å². The van der Waals surface area contributed by atoms with E-state index in [-0.39, 0.29) is 12.1 Å². The van der Waals surface area contributed by atoms with Crippen molar-refractivity contribution < 1.29 is 19.4 Å². The first kappa shape index (κ1) is 20.3. The zero-order valence-electron chi connectivity index (χ0n) is 14.3. The number of carboxylic acids is 1. The van der Waals surface area contributed by atoms with Gasteiger partial charge in [0.05, 0.1) is 13.2 Å². The minimum atomic E-state index is -0.924. The van der Waals surface area contributed by atoms with Crippen molar-refractivity contribution in [1.82, 2.24) is 10.2 Å². The van der Waals surface area contributed by atoms with Gasteiger partial charge < -0.3 is 14.6 Å². The summed E-state index contributed by atoms with van der Waals surface area (Å²) in [7, 11) is 3.34. The molecule has 0 heterocycles. The molecule has 0 bridgehead atoms. The minimum absolute atomic E-state index is 0.120. The first-order chi connectivity index (χ1) is 9.76. The molecule has 6 nitrogen and oxygen atoms in total. The Morgan fingerprint density at radius 3 is 2.29 bits per heavy atom. The van der Waals surface area contributed by atoms with Gasteiger partial charge in [-0.1, -0.05) is 0 Å². The lowest BCUT2D eigenvalue weighted by Crippen LogP contribution is -2.54. The number of rotatable bonds is 12. The van der Waals surface area contributed by atoms with E-state index in [0.29, 0.717) is 26.2 Å². The molecule has 21 heavy (non-hydrogen) atoms. The van der Waals surface area contributed by atoms with E-state index >= 15 is 0 Å². The van der Waals surface area contributed by atoms with Crippen molar-refractivity contribution >= 4 is 5.97 Å². The second-order valence-corrected chi connectivity index (χ2v) is 6.02. The van der Waals surface area contributed by atoms with Gasteiger partial charge in [-0.2, -0.15) is 0 Å². The maximum atomic E-state index is 11.5. The van der Waals surface area contributed by atoms with E-state index in [0.717, 1.165) is 6.54 Å². The molecule has 0 rings (SSSR count). The van der Waals surface area contributed by atoms with E-state index in [1.807, 2.05) is 13.8 Å². The number of hydrogen-bond acceptors (Lipinski definition) is 5. The third-order valence-corrected chi connectivity index (χ3v) is 3.59. The van der Waals surface area contributed by atoms with Gasteiger partial charge in [0.1, 0.15) is 5.54 Å². The van der Waals surface area contributed by atoms with Crippen LogP contribution in [0.4, 0.5) is 0 Å². The predicted molar refractivity (Wildman–Crippen MR) is 83.7 cm³/mol. The van der Waals surface area contributed by atoms with Gasteiger partial charge in [0.2, 0.25) is 0 Å². The Balaban J connectivity index is 4.70. The van der Waals surface area contributed by atoms with E-state index in [2.05, 4.69) is 17.1 Å². The first-order valence-corrected chi connectivity index (χ1v) is 7.49. The maximum absolute atomic E-state index is 11.5. The molecule has 2 atom stereocenters. The molecule has 0 aromatic heterocycles. The van der Waals surface area contributed by atoms with E-state index in [1.165, 1.54) is 0 Å². The zero-order valence-corrected chi connectivity index (χ0v) is 14.3. The number of ether oxygens (including phenoxy) is 2. The van der Waals surface area contributed by atoms with Gasteiger partial charge in [0.25, 0.3) is 0 Å². The minimum Gasteiger partial charge on any atom is -0.480 e. The van der Waals surface area contributed by atoms with Gasteiger partial charge >= 0.3 is 5.97 Å². The van der Waals surface area contributed by atoms with Gasteiger partial charge in [-0.05, 0) is 34.1 Å². The molecule has 2 N–H and O–H groups in total. The molecule has 0 saturated carbocycles. The highest BCUT2D eigenvalue weighted by molar-refractivity contribution is 5.78. The van der Waals surface area contributed by atoms with Crippen LogP contribution in [0.5, 0.6) is 0 Å². The lowest BCUT2D eigenvalue weighted by Gasteiger charge is -2.34. The Bertz CT molecular complexity index is 299. The van der Waals surface area contributed by atoms with Crippen molar-refractivity contribution in [2.45, 2.75) is 51.7 Å². The smallest absolute Gasteiger partial charge is 0.323 e. The van der Waals surface area contributed by atoms with Crippen LogP contribution < -0.4 is 5.32 Å². The molecule has 0 aliphatic heterocycles. The summed E-state index contributed by atoms with van der Waals surface area (Å²) in [6, 6.07) is 0.345. The molecule has 0 aromatic rings. The second kappa shape index (κ2) is 10.1. The molecule has 6 heteroatoms. The SMILES string of the molecule is COCCN(CCC(C)(NC(C)C)C(=O)O)C(C)COC. The van der Waals surface area contributed by atoms with E-state index in [1.54, 1.807) is 21.1 Å². The Hall–Kier alpha value is -0.690. The van der Waals surface area contributed by atoms with Crippen molar-refractivity contribution in [3.63, 3.8) is 0 Å². The number of methoxy groups -OCH3 is 2. The topological polar surface area (TPSA) is 71.0 Å². The van der Waals surface area contributed by atoms with Crippen molar-refractivity contribution in [3.05, 3.63) is 0 Å². The summed E-state index contributed by atoms with van der Waals surface area (Å²) < 4.78 is 10.3. The molecule has 2 unspecified atom stereocenters. The molecule has 0 aliphatic carbocycles. The van der Waals surface area contributed by atoms with Gasteiger partial charge in [-0.3, -0.25) is 15.0 Å².